The molecule has 0 saturated carbocycles. The van der Waals surface area contributed by atoms with E-state index in [1.165, 1.54) is 18.2 Å². The van der Waals surface area contributed by atoms with Gasteiger partial charge in [0, 0.05) is 16.6 Å². The van der Waals surface area contributed by atoms with E-state index >= 15 is 0 Å². The SMILES string of the molecule is O=S(=O)(Nc1nc2ccccc2nc1NCc1ccc(Cl)cc1)c1cc(Cl)ccc1Cl. The molecule has 10 heteroatoms. The fourth-order valence-electron chi connectivity index (χ4n) is 2.85. The van der Waals surface area contributed by atoms with Gasteiger partial charge < -0.3 is 5.32 Å². The molecule has 2 N–H and O–H groups in total. The number of rotatable bonds is 6. The molecule has 4 aromatic rings. The quantitative estimate of drug-likeness (QED) is 0.344. The van der Waals surface area contributed by atoms with Gasteiger partial charge in [-0.2, -0.15) is 0 Å². The Bertz CT molecular complexity index is 1360. The Morgan fingerprint density at radius 2 is 1.39 bits per heavy atom. The van der Waals surface area contributed by atoms with Gasteiger partial charge in [0.2, 0.25) is 0 Å². The lowest BCUT2D eigenvalue weighted by Gasteiger charge is -2.14. The second kappa shape index (κ2) is 8.88. The summed E-state index contributed by atoms with van der Waals surface area (Å²) in [4.78, 5) is 8.84. The van der Waals surface area contributed by atoms with E-state index in [0.29, 0.717) is 22.6 Å². The monoisotopic (exact) mass is 492 g/mol. The molecular formula is C21H15Cl3N4O2S. The lowest BCUT2D eigenvalue weighted by molar-refractivity contribution is 0.601. The normalized spacial score (nSPS) is 11.5. The van der Waals surface area contributed by atoms with E-state index in [1.807, 2.05) is 18.2 Å². The Morgan fingerprint density at radius 1 is 0.774 bits per heavy atom. The topological polar surface area (TPSA) is 84.0 Å². The van der Waals surface area contributed by atoms with Crippen molar-refractivity contribution >= 4 is 67.5 Å². The molecule has 0 fully saturated rings. The van der Waals surface area contributed by atoms with E-state index in [2.05, 4.69) is 20.0 Å². The summed E-state index contributed by atoms with van der Waals surface area (Å²) >= 11 is 18.0. The Hall–Kier alpha value is -2.58. The molecule has 158 valence electrons. The van der Waals surface area contributed by atoms with Gasteiger partial charge in [-0.15, -0.1) is 0 Å². The van der Waals surface area contributed by atoms with Crippen molar-refractivity contribution in [1.82, 2.24) is 9.97 Å². The summed E-state index contributed by atoms with van der Waals surface area (Å²) in [5.41, 5.74) is 2.09. The molecule has 1 heterocycles. The zero-order valence-electron chi connectivity index (χ0n) is 15.8. The summed E-state index contributed by atoms with van der Waals surface area (Å²) in [6.45, 7) is 0.386. The third kappa shape index (κ3) is 5.02. The second-order valence-electron chi connectivity index (χ2n) is 6.57. The average molecular weight is 494 g/mol. The number of hydrogen-bond acceptors (Lipinski definition) is 5. The molecular weight excluding hydrogens is 479 g/mol. The standard InChI is InChI=1S/C21H15Cl3N4O2S/c22-14-7-5-13(6-8-14)12-25-20-21(27-18-4-2-1-3-17(18)26-20)28-31(29,30)19-11-15(23)9-10-16(19)24/h1-11H,12H2,(H,25,26)(H,27,28). The molecule has 0 aliphatic rings. The van der Waals surface area contributed by atoms with Gasteiger partial charge in [0.05, 0.1) is 16.1 Å². The van der Waals surface area contributed by atoms with Crippen LogP contribution in [0.25, 0.3) is 11.0 Å². The van der Waals surface area contributed by atoms with Crippen LogP contribution in [0.15, 0.2) is 71.6 Å². The number of hydrogen-bond donors (Lipinski definition) is 2. The summed E-state index contributed by atoms with van der Waals surface area (Å²) in [6, 6.07) is 18.6. The summed E-state index contributed by atoms with van der Waals surface area (Å²) in [5, 5.41) is 4.05. The maximum Gasteiger partial charge on any atom is 0.264 e. The van der Waals surface area contributed by atoms with Crippen molar-refractivity contribution in [3.05, 3.63) is 87.4 Å². The van der Waals surface area contributed by atoms with E-state index in [-0.39, 0.29) is 26.6 Å². The Morgan fingerprint density at radius 3 is 2.06 bits per heavy atom. The highest BCUT2D eigenvalue weighted by molar-refractivity contribution is 7.92. The Balaban J connectivity index is 1.72. The fraction of sp³-hybridized carbons (Fsp3) is 0.0476. The molecule has 0 spiro atoms. The van der Waals surface area contributed by atoms with Crippen LogP contribution in [0.5, 0.6) is 0 Å². The highest BCUT2D eigenvalue weighted by atomic mass is 35.5. The molecule has 0 radical (unpaired) electrons. The van der Waals surface area contributed by atoms with Gasteiger partial charge >= 0.3 is 0 Å². The van der Waals surface area contributed by atoms with Crippen molar-refractivity contribution in [2.75, 3.05) is 10.0 Å². The molecule has 0 bridgehead atoms. The zero-order chi connectivity index (χ0) is 22.0. The van der Waals surface area contributed by atoms with E-state index in [9.17, 15) is 8.42 Å². The van der Waals surface area contributed by atoms with Crippen LogP contribution in [0.3, 0.4) is 0 Å². The van der Waals surface area contributed by atoms with Gasteiger partial charge in [0.25, 0.3) is 10.0 Å². The average Bonchev–Trinajstić information content (AvgIpc) is 2.74. The highest BCUT2D eigenvalue weighted by Crippen LogP contribution is 2.29. The molecule has 3 aromatic carbocycles. The second-order valence-corrected chi connectivity index (χ2v) is 9.50. The van der Waals surface area contributed by atoms with Crippen molar-refractivity contribution in [3.63, 3.8) is 0 Å². The number of nitrogens with one attached hydrogen (secondary N) is 2. The van der Waals surface area contributed by atoms with Gasteiger partial charge in [0.15, 0.2) is 11.6 Å². The molecule has 0 aliphatic carbocycles. The first-order valence-electron chi connectivity index (χ1n) is 9.05. The minimum atomic E-state index is -4.07. The number of nitrogens with zero attached hydrogens (tertiary/aromatic N) is 2. The molecule has 1 aromatic heterocycles. The summed E-state index contributed by atoms with van der Waals surface area (Å²) in [6.07, 6.45) is 0. The van der Waals surface area contributed by atoms with E-state index in [4.69, 9.17) is 34.8 Å². The van der Waals surface area contributed by atoms with Crippen LogP contribution in [0, 0.1) is 0 Å². The van der Waals surface area contributed by atoms with Crippen molar-refractivity contribution < 1.29 is 8.42 Å². The van der Waals surface area contributed by atoms with Crippen molar-refractivity contribution in [2.24, 2.45) is 0 Å². The minimum absolute atomic E-state index is 0.0429. The van der Waals surface area contributed by atoms with Gasteiger partial charge in [-0.05, 0) is 48.0 Å². The third-order valence-electron chi connectivity index (χ3n) is 4.36. The lowest BCUT2D eigenvalue weighted by atomic mass is 10.2. The maximum absolute atomic E-state index is 13.0. The number of aromatic nitrogens is 2. The van der Waals surface area contributed by atoms with Gasteiger partial charge in [-0.1, -0.05) is 59.1 Å². The molecule has 0 amide bonds. The molecule has 0 aliphatic heterocycles. The van der Waals surface area contributed by atoms with E-state index in [0.717, 1.165) is 5.56 Å². The van der Waals surface area contributed by atoms with Gasteiger partial charge in [-0.25, -0.2) is 18.4 Å². The van der Waals surface area contributed by atoms with Crippen molar-refractivity contribution in [3.8, 4) is 0 Å². The maximum atomic E-state index is 13.0. The molecule has 0 atom stereocenters. The van der Waals surface area contributed by atoms with Gasteiger partial charge in [-0.3, -0.25) is 4.72 Å². The number of para-hydroxylation sites is 2. The molecule has 0 saturated heterocycles. The molecule has 31 heavy (non-hydrogen) atoms. The largest absolute Gasteiger partial charge is 0.363 e. The number of sulfonamides is 1. The Labute approximate surface area is 194 Å². The smallest absolute Gasteiger partial charge is 0.264 e. The number of fused-ring (bicyclic) bond motifs is 1. The first-order valence-corrected chi connectivity index (χ1v) is 11.7. The van der Waals surface area contributed by atoms with E-state index < -0.39 is 10.0 Å². The van der Waals surface area contributed by atoms with Crippen LogP contribution in [-0.2, 0) is 16.6 Å². The van der Waals surface area contributed by atoms with Gasteiger partial charge in [0.1, 0.15) is 4.90 Å². The first kappa shape index (κ1) is 21.6. The van der Waals surface area contributed by atoms with Crippen molar-refractivity contribution in [1.29, 1.82) is 0 Å². The molecule has 6 nitrogen and oxygen atoms in total. The molecule has 0 unspecified atom stereocenters. The highest BCUT2D eigenvalue weighted by Gasteiger charge is 2.22. The zero-order valence-corrected chi connectivity index (χ0v) is 18.9. The summed E-state index contributed by atoms with van der Waals surface area (Å²) < 4.78 is 28.5. The van der Waals surface area contributed by atoms with Crippen LogP contribution >= 0.6 is 34.8 Å². The van der Waals surface area contributed by atoms with Crippen LogP contribution in [0.4, 0.5) is 11.6 Å². The van der Waals surface area contributed by atoms with Crippen LogP contribution in [0.1, 0.15) is 5.56 Å². The third-order valence-corrected chi connectivity index (χ3v) is 6.67. The predicted molar refractivity (Wildman–Crippen MR) is 126 cm³/mol. The number of halogens is 3. The minimum Gasteiger partial charge on any atom is -0.363 e. The van der Waals surface area contributed by atoms with Crippen LogP contribution in [-0.4, -0.2) is 18.4 Å². The Kier molecular flexibility index (Phi) is 6.20. The van der Waals surface area contributed by atoms with E-state index in [1.54, 1.807) is 30.3 Å². The summed E-state index contributed by atoms with van der Waals surface area (Å²) in [7, 11) is -4.07. The first-order chi connectivity index (χ1) is 14.8. The molecule has 4 rings (SSSR count). The number of anilines is 2. The number of benzene rings is 3. The summed E-state index contributed by atoms with van der Waals surface area (Å²) in [5.74, 6) is 0.319. The van der Waals surface area contributed by atoms with Crippen molar-refractivity contribution in [2.45, 2.75) is 11.4 Å². The fourth-order valence-corrected chi connectivity index (χ4v) is 4.75. The lowest BCUT2D eigenvalue weighted by Crippen LogP contribution is -2.17. The van der Waals surface area contributed by atoms with Crippen LogP contribution < -0.4 is 10.0 Å². The predicted octanol–water partition coefficient (Wildman–Crippen LogP) is 6.00. The van der Waals surface area contributed by atoms with Crippen LogP contribution in [0.2, 0.25) is 15.1 Å².